The second kappa shape index (κ2) is 7.66. The van der Waals surface area contributed by atoms with E-state index in [1.54, 1.807) is 0 Å². The van der Waals surface area contributed by atoms with Crippen LogP contribution in [0.15, 0.2) is 42.5 Å². The number of ether oxygens (including phenoxy) is 1. The average molecular weight is 232 g/mol. The second-order valence-electron chi connectivity index (χ2n) is 4.01. The molecule has 0 amide bonds. The van der Waals surface area contributed by atoms with E-state index in [4.69, 9.17) is 4.74 Å². The van der Waals surface area contributed by atoms with Gasteiger partial charge in [0.05, 0.1) is 0 Å². The zero-order valence-electron chi connectivity index (χ0n) is 10.6. The molecule has 0 aromatic heterocycles. The summed E-state index contributed by atoms with van der Waals surface area (Å²) >= 11 is 0. The predicted octanol–water partition coefficient (Wildman–Crippen LogP) is 3.52. The Morgan fingerprint density at radius 3 is 2.65 bits per heavy atom. The molecule has 17 heavy (non-hydrogen) atoms. The van der Waals surface area contributed by atoms with E-state index in [2.05, 4.69) is 19.1 Å². The highest BCUT2D eigenvalue weighted by molar-refractivity contribution is 5.66. The number of allylic oxidation sites excluding steroid dienone is 1. The lowest BCUT2D eigenvalue weighted by Crippen LogP contribution is -2.14. The van der Waals surface area contributed by atoms with Gasteiger partial charge >= 0.3 is 5.97 Å². The summed E-state index contributed by atoms with van der Waals surface area (Å²) in [4.78, 5) is 11.0. The smallest absolute Gasteiger partial charge is 0.303 e. The third-order valence-corrected chi connectivity index (χ3v) is 2.46. The van der Waals surface area contributed by atoms with Crippen molar-refractivity contribution in [3.8, 4) is 0 Å². The number of hydrogen-bond donors (Lipinski definition) is 0. The summed E-state index contributed by atoms with van der Waals surface area (Å²) in [5.41, 5.74) is 1.27. The molecule has 0 aliphatic carbocycles. The molecule has 0 saturated heterocycles. The van der Waals surface area contributed by atoms with Crippen molar-refractivity contribution in [2.75, 3.05) is 0 Å². The molecule has 0 bridgehead atoms. The molecular weight excluding hydrogens is 212 g/mol. The number of benzene rings is 1. The molecule has 1 aromatic rings. The van der Waals surface area contributed by atoms with Crippen molar-refractivity contribution < 1.29 is 9.53 Å². The maximum atomic E-state index is 11.0. The third kappa shape index (κ3) is 5.91. The Morgan fingerprint density at radius 2 is 2.06 bits per heavy atom. The molecule has 1 atom stereocenters. The van der Waals surface area contributed by atoms with Crippen LogP contribution in [0.3, 0.4) is 0 Å². The van der Waals surface area contributed by atoms with Crippen molar-refractivity contribution >= 4 is 5.97 Å². The lowest BCUT2D eigenvalue weighted by atomic mass is 10.1. The van der Waals surface area contributed by atoms with Gasteiger partial charge in [-0.15, -0.1) is 0 Å². The predicted molar refractivity (Wildman–Crippen MR) is 69.7 cm³/mol. The molecule has 92 valence electrons. The number of carbonyl (C=O) groups is 1. The van der Waals surface area contributed by atoms with Crippen molar-refractivity contribution in [3.63, 3.8) is 0 Å². The van der Waals surface area contributed by atoms with Gasteiger partial charge in [0.1, 0.15) is 6.10 Å². The number of aryl methyl sites for hydroxylation is 1. The van der Waals surface area contributed by atoms with E-state index >= 15 is 0 Å². The minimum Gasteiger partial charge on any atom is -0.458 e. The van der Waals surface area contributed by atoms with Gasteiger partial charge in [-0.25, -0.2) is 0 Å². The highest BCUT2D eigenvalue weighted by Gasteiger charge is 2.07. The normalized spacial score (nSPS) is 12.6. The van der Waals surface area contributed by atoms with E-state index in [-0.39, 0.29) is 12.1 Å². The minimum atomic E-state index is -0.219. The number of hydrogen-bond acceptors (Lipinski definition) is 2. The molecule has 2 nitrogen and oxygen atoms in total. The van der Waals surface area contributed by atoms with Crippen LogP contribution in [0.1, 0.15) is 32.3 Å². The first-order valence-electron chi connectivity index (χ1n) is 6.10. The topological polar surface area (TPSA) is 26.3 Å². The molecule has 0 N–H and O–H groups in total. The van der Waals surface area contributed by atoms with Gasteiger partial charge in [0, 0.05) is 6.92 Å². The van der Waals surface area contributed by atoms with Crippen LogP contribution in [0.5, 0.6) is 0 Å². The van der Waals surface area contributed by atoms with Gasteiger partial charge in [0.25, 0.3) is 0 Å². The Bertz CT molecular complexity index is 354. The van der Waals surface area contributed by atoms with Crippen LogP contribution in [0, 0.1) is 0 Å². The summed E-state index contributed by atoms with van der Waals surface area (Å²) in [6.07, 6.45) is 6.63. The Hall–Kier alpha value is -1.57. The SMILES string of the molecule is CC/C=C/C(CCc1ccccc1)OC(C)=O. The van der Waals surface area contributed by atoms with Crippen LogP contribution in [0.4, 0.5) is 0 Å². The molecule has 0 spiro atoms. The summed E-state index contributed by atoms with van der Waals surface area (Å²) in [6, 6.07) is 10.2. The summed E-state index contributed by atoms with van der Waals surface area (Å²) in [5, 5.41) is 0. The van der Waals surface area contributed by atoms with Crippen LogP contribution >= 0.6 is 0 Å². The largest absolute Gasteiger partial charge is 0.458 e. The van der Waals surface area contributed by atoms with Gasteiger partial charge in [0.15, 0.2) is 0 Å². The van der Waals surface area contributed by atoms with E-state index in [0.717, 1.165) is 19.3 Å². The Labute approximate surface area is 103 Å². The summed E-state index contributed by atoms with van der Waals surface area (Å²) in [7, 11) is 0. The maximum Gasteiger partial charge on any atom is 0.303 e. The van der Waals surface area contributed by atoms with Crippen molar-refractivity contribution in [3.05, 3.63) is 48.0 Å². The van der Waals surface area contributed by atoms with Crippen LogP contribution in [-0.2, 0) is 16.0 Å². The molecular formula is C15H20O2. The van der Waals surface area contributed by atoms with Gasteiger partial charge < -0.3 is 4.74 Å². The number of rotatable bonds is 6. The molecule has 0 fully saturated rings. The van der Waals surface area contributed by atoms with Crippen LogP contribution in [0.2, 0.25) is 0 Å². The molecule has 0 aliphatic heterocycles. The lowest BCUT2D eigenvalue weighted by Gasteiger charge is -2.13. The molecule has 1 rings (SSSR count). The number of carbonyl (C=O) groups excluding carboxylic acids is 1. The first-order valence-corrected chi connectivity index (χ1v) is 6.10. The van der Waals surface area contributed by atoms with Crippen LogP contribution in [-0.4, -0.2) is 12.1 Å². The zero-order chi connectivity index (χ0) is 12.5. The first-order chi connectivity index (χ1) is 8.22. The lowest BCUT2D eigenvalue weighted by molar-refractivity contribution is -0.144. The zero-order valence-corrected chi connectivity index (χ0v) is 10.6. The molecule has 1 unspecified atom stereocenters. The fourth-order valence-corrected chi connectivity index (χ4v) is 1.65. The second-order valence-corrected chi connectivity index (χ2v) is 4.01. The van der Waals surface area contributed by atoms with Gasteiger partial charge in [-0.3, -0.25) is 4.79 Å². The third-order valence-electron chi connectivity index (χ3n) is 2.46. The summed E-state index contributed by atoms with van der Waals surface area (Å²) in [5.74, 6) is -0.219. The van der Waals surface area contributed by atoms with E-state index < -0.39 is 0 Å². The molecule has 1 aromatic carbocycles. The molecule has 2 heteroatoms. The number of esters is 1. The Balaban J connectivity index is 2.48. The van der Waals surface area contributed by atoms with E-state index in [1.807, 2.05) is 30.4 Å². The summed E-state index contributed by atoms with van der Waals surface area (Å²) < 4.78 is 5.25. The Morgan fingerprint density at radius 1 is 1.35 bits per heavy atom. The highest BCUT2D eigenvalue weighted by Crippen LogP contribution is 2.09. The summed E-state index contributed by atoms with van der Waals surface area (Å²) in [6.45, 7) is 3.52. The Kier molecular flexibility index (Phi) is 6.08. The molecule has 0 saturated carbocycles. The van der Waals surface area contributed by atoms with Crippen LogP contribution < -0.4 is 0 Å². The molecule has 0 radical (unpaired) electrons. The van der Waals surface area contributed by atoms with E-state index in [1.165, 1.54) is 12.5 Å². The van der Waals surface area contributed by atoms with Gasteiger partial charge in [0.2, 0.25) is 0 Å². The monoisotopic (exact) mass is 232 g/mol. The molecule has 0 aliphatic rings. The van der Waals surface area contributed by atoms with Gasteiger partial charge in [-0.05, 0) is 30.9 Å². The molecule has 0 heterocycles. The van der Waals surface area contributed by atoms with Crippen molar-refractivity contribution in [1.29, 1.82) is 0 Å². The van der Waals surface area contributed by atoms with Gasteiger partial charge in [-0.1, -0.05) is 43.3 Å². The maximum absolute atomic E-state index is 11.0. The van der Waals surface area contributed by atoms with Crippen molar-refractivity contribution in [2.24, 2.45) is 0 Å². The first kappa shape index (κ1) is 13.5. The minimum absolute atomic E-state index is 0.104. The van der Waals surface area contributed by atoms with Crippen molar-refractivity contribution in [1.82, 2.24) is 0 Å². The standard InChI is InChI=1S/C15H20O2/c1-3-4-10-15(17-13(2)16)12-11-14-8-6-5-7-9-14/h4-10,15H,3,11-12H2,1-2H3/b10-4+. The average Bonchev–Trinajstić information content (AvgIpc) is 2.33. The van der Waals surface area contributed by atoms with Gasteiger partial charge in [-0.2, -0.15) is 0 Å². The highest BCUT2D eigenvalue weighted by atomic mass is 16.5. The quantitative estimate of drug-likeness (QED) is 0.554. The van der Waals surface area contributed by atoms with Crippen LogP contribution in [0.25, 0.3) is 0 Å². The fourth-order valence-electron chi connectivity index (χ4n) is 1.65. The fraction of sp³-hybridized carbons (Fsp3) is 0.400. The van der Waals surface area contributed by atoms with E-state index in [9.17, 15) is 4.79 Å². The van der Waals surface area contributed by atoms with Crippen molar-refractivity contribution in [2.45, 2.75) is 39.2 Å². The van der Waals surface area contributed by atoms with E-state index in [0.29, 0.717) is 0 Å².